The molecule has 1 aliphatic carbocycles. The van der Waals surface area contributed by atoms with Gasteiger partial charge in [0.1, 0.15) is 0 Å². The molecule has 98 valence electrons. The van der Waals surface area contributed by atoms with Crippen molar-refractivity contribution in [3.63, 3.8) is 0 Å². The van der Waals surface area contributed by atoms with Gasteiger partial charge in [-0.3, -0.25) is 4.99 Å². The zero-order valence-corrected chi connectivity index (χ0v) is 12.1. The lowest BCUT2D eigenvalue weighted by Gasteiger charge is -2.19. The van der Waals surface area contributed by atoms with Crippen LogP contribution in [-0.2, 0) is 0 Å². The van der Waals surface area contributed by atoms with E-state index in [4.69, 9.17) is 4.99 Å². The lowest BCUT2D eigenvalue weighted by Crippen LogP contribution is -2.28. The second-order valence-electron chi connectivity index (χ2n) is 5.93. The topological polar surface area (TPSA) is 24.4 Å². The fourth-order valence-corrected chi connectivity index (χ4v) is 3.80. The van der Waals surface area contributed by atoms with Gasteiger partial charge < -0.3 is 5.32 Å². The van der Waals surface area contributed by atoms with Gasteiger partial charge in [-0.1, -0.05) is 44.9 Å². The minimum Gasteiger partial charge on any atom is -0.361 e. The first kappa shape index (κ1) is 13.3. The van der Waals surface area contributed by atoms with E-state index in [-0.39, 0.29) is 0 Å². The molecule has 0 bridgehead atoms. The van der Waals surface area contributed by atoms with E-state index >= 15 is 0 Å². The van der Waals surface area contributed by atoms with E-state index in [1.54, 1.807) is 0 Å². The van der Waals surface area contributed by atoms with Crippen molar-refractivity contribution in [3.05, 3.63) is 0 Å². The number of hydrogen-bond acceptors (Lipinski definition) is 2. The van der Waals surface area contributed by atoms with E-state index < -0.39 is 0 Å². The normalized spacial score (nSPS) is 28.9. The van der Waals surface area contributed by atoms with Gasteiger partial charge in [0.05, 0.1) is 0 Å². The van der Waals surface area contributed by atoms with Gasteiger partial charge in [0.25, 0.3) is 0 Å². The highest BCUT2D eigenvalue weighted by Gasteiger charge is 2.21. The van der Waals surface area contributed by atoms with Crippen LogP contribution < -0.4 is 5.32 Å². The van der Waals surface area contributed by atoms with Crippen LogP contribution in [0.3, 0.4) is 0 Å². The van der Waals surface area contributed by atoms with Gasteiger partial charge in [-0.05, 0) is 31.1 Å². The Labute approximate surface area is 110 Å². The summed E-state index contributed by atoms with van der Waals surface area (Å²) in [6.07, 6.45) is 8.36. The first-order valence-corrected chi connectivity index (χ1v) is 8.16. The van der Waals surface area contributed by atoms with Crippen LogP contribution in [0.15, 0.2) is 4.99 Å². The van der Waals surface area contributed by atoms with E-state index in [0.717, 1.165) is 18.4 Å². The van der Waals surface area contributed by atoms with Crippen LogP contribution in [0, 0.1) is 11.8 Å². The van der Waals surface area contributed by atoms with E-state index in [1.807, 2.05) is 11.8 Å². The summed E-state index contributed by atoms with van der Waals surface area (Å²) in [6.45, 7) is 5.65. The first-order chi connectivity index (χ1) is 8.24. The van der Waals surface area contributed by atoms with Gasteiger partial charge in [-0.25, -0.2) is 0 Å². The maximum absolute atomic E-state index is 4.77. The summed E-state index contributed by atoms with van der Waals surface area (Å²) < 4.78 is 0. The van der Waals surface area contributed by atoms with Crippen molar-refractivity contribution in [2.45, 2.75) is 58.4 Å². The van der Waals surface area contributed by atoms with Gasteiger partial charge in [0.2, 0.25) is 0 Å². The van der Waals surface area contributed by atoms with E-state index in [2.05, 4.69) is 19.2 Å². The molecule has 2 fully saturated rings. The molecule has 2 nitrogen and oxygen atoms in total. The second kappa shape index (κ2) is 6.67. The third-order valence-electron chi connectivity index (χ3n) is 3.72. The van der Waals surface area contributed by atoms with Crippen LogP contribution in [0.5, 0.6) is 0 Å². The van der Waals surface area contributed by atoms with Crippen LogP contribution in [-0.4, -0.2) is 23.5 Å². The highest BCUT2D eigenvalue weighted by atomic mass is 32.2. The molecule has 0 aromatic rings. The molecular formula is C14H26N2S. The fourth-order valence-electron chi connectivity index (χ4n) is 2.81. The van der Waals surface area contributed by atoms with Crippen LogP contribution >= 0.6 is 11.8 Å². The van der Waals surface area contributed by atoms with Gasteiger partial charge in [-0.15, -0.1) is 0 Å². The van der Waals surface area contributed by atoms with Gasteiger partial charge in [0.15, 0.2) is 5.17 Å². The summed E-state index contributed by atoms with van der Waals surface area (Å²) in [5, 5.41) is 4.78. The number of nitrogens with one attached hydrogen (secondary N) is 1. The third kappa shape index (κ3) is 4.53. The van der Waals surface area contributed by atoms with E-state index in [9.17, 15) is 0 Å². The van der Waals surface area contributed by atoms with E-state index in [1.165, 1.54) is 49.4 Å². The molecule has 0 radical (unpaired) electrons. The molecule has 1 atom stereocenters. The maximum atomic E-state index is 4.77. The number of aliphatic imine (C=N–C) groups is 1. The molecule has 1 saturated heterocycles. The summed E-state index contributed by atoms with van der Waals surface area (Å²) in [6, 6.07) is 0.658. The van der Waals surface area contributed by atoms with Crippen LogP contribution in [0.2, 0.25) is 0 Å². The summed E-state index contributed by atoms with van der Waals surface area (Å²) in [4.78, 5) is 4.77. The molecule has 1 saturated carbocycles. The number of thioether (sulfide) groups is 1. The molecular weight excluding hydrogens is 228 g/mol. The average Bonchev–Trinajstić information content (AvgIpc) is 2.75. The molecule has 2 aliphatic rings. The fraction of sp³-hybridized carbons (Fsp3) is 0.929. The molecule has 0 spiro atoms. The predicted molar refractivity (Wildman–Crippen MR) is 77.7 cm³/mol. The Hall–Kier alpha value is -0.180. The van der Waals surface area contributed by atoms with Crippen molar-refractivity contribution in [2.24, 2.45) is 16.8 Å². The first-order valence-electron chi connectivity index (χ1n) is 7.18. The Morgan fingerprint density at radius 1 is 1.29 bits per heavy atom. The lowest BCUT2D eigenvalue weighted by atomic mass is 9.89. The largest absolute Gasteiger partial charge is 0.361 e. The lowest BCUT2D eigenvalue weighted by molar-refractivity contribution is 0.367. The van der Waals surface area contributed by atoms with Crippen molar-refractivity contribution in [3.8, 4) is 0 Å². The van der Waals surface area contributed by atoms with Gasteiger partial charge >= 0.3 is 0 Å². The highest BCUT2D eigenvalue weighted by Crippen LogP contribution is 2.25. The maximum Gasteiger partial charge on any atom is 0.156 e. The summed E-state index contributed by atoms with van der Waals surface area (Å²) >= 11 is 1.92. The van der Waals surface area contributed by atoms with Gasteiger partial charge in [0, 0.05) is 18.3 Å². The predicted octanol–water partition coefficient (Wildman–Crippen LogP) is 3.67. The molecule has 2 rings (SSSR count). The highest BCUT2D eigenvalue weighted by molar-refractivity contribution is 8.14. The Kier molecular flexibility index (Phi) is 5.20. The van der Waals surface area contributed by atoms with Crippen molar-refractivity contribution >= 4 is 16.9 Å². The zero-order valence-electron chi connectivity index (χ0n) is 11.2. The Morgan fingerprint density at radius 3 is 2.76 bits per heavy atom. The van der Waals surface area contributed by atoms with Crippen molar-refractivity contribution in [1.82, 2.24) is 5.32 Å². The number of nitrogens with zero attached hydrogens (tertiary/aromatic N) is 1. The molecule has 1 unspecified atom stereocenters. The molecule has 1 aliphatic heterocycles. The summed E-state index contributed by atoms with van der Waals surface area (Å²) in [5.41, 5.74) is 0. The molecule has 3 heteroatoms. The Bertz CT molecular complexity index is 257. The molecule has 17 heavy (non-hydrogen) atoms. The smallest absolute Gasteiger partial charge is 0.156 e. The van der Waals surface area contributed by atoms with E-state index in [0.29, 0.717) is 6.04 Å². The quantitative estimate of drug-likeness (QED) is 0.827. The second-order valence-corrected chi connectivity index (χ2v) is 6.94. The number of hydrogen-bond donors (Lipinski definition) is 1. The third-order valence-corrected chi connectivity index (χ3v) is 4.81. The monoisotopic (exact) mass is 254 g/mol. The molecule has 1 N–H and O–H groups in total. The molecule has 0 amide bonds. The SMILES string of the molecule is CC(C)CC1CSC(=NCC2CCCCC2)N1. The Balaban J connectivity index is 1.71. The zero-order chi connectivity index (χ0) is 12.1. The minimum atomic E-state index is 0.658. The molecule has 0 aromatic carbocycles. The van der Waals surface area contributed by atoms with Crippen molar-refractivity contribution in [2.75, 3.05) is 12.3 Å². The average molecular weight is 254 g/mol. The van der Waals surface area contributed by atoms with Crippen molar-refractivity contribution in [1.29, 1.82) is 0 Å². The Morgan fingerprint density at radius 2 is 2.06 bits per heavy atom. The standard InChI is InChI=1S/C14H26N2S/c1-11(2)8-13-10-17-14(16-13)15-9-12-6-4-3-5-7-12/h11-13H,3-10H2,1-2H3,(H,15,16). The number of amidine groups is 1. The summed E-state index contributed by atoms with van der Waals surface area (Å²) in [7, 11) is 0. The van der Waals surface area contributed by atoms with Gasteiger partial charge in [-0.2, -0.15) is 0 Å². The number of rotatable bonds is 4. The molecule has 1 heterocycles. The van der Waals surface area contributed by atoms with Crippen LogP contribution in [0.4, 0.5) is 0 Å². The van der Waals surface area contributed by atoms with Crippen molar-refractivity contribution < 1.29 is 0 Å². The molecule has 0 aromatic heterocycles. The van der Waals surface area contributed by atoms with Crippen LogP contribution in [0.1, 0.15) is 52.4 Å². The summed E-state index contributed by atoms with van der Waals surface area (Å²) in [5.74, 6) is 2.86. The minimum absolute atomic E-state index is 0.658. The van der Waals surface area contributed by atoms with Crippen LogP contribution in [0.25, 0.3) is 0 Å².